The highest BCUT2D eigenvalue weighted by Gasteiger charge is 2.31. The Morgan fingerprint density at radius 1 is 1.31 bits per heavy atom. The Labute approximate surface area is 94.9 Å². The van der Waals surface area contributed by atoms with Crippen molar-refractivity contribution in [3.8, 4) is 0 Å². The summed E-state index contributed by atoms with van der Waals surface area (Å²) < 4.78 is 26.1. The van der Waals surface area contributed by atoms with E-state index in [0.29, 0.717) is 17.1 Å². The van der Waals surface area contributed by atoms with Crippen LogP contribution in [0.15, 0.2) is 18.2 Å². The van der Waals surface area contributed by atoms with Crippen molar-refractivity contribution in [2.75, 3.05) is 5.32 Å². The third kappa shape index (κ3) is 2.52. The Hall–Kier alpha value is -1.12. The summed E-state index contributed by atoms with van der Waals surface area (Å²) >= 11 is 0. The molecule has 1 aliphatic carbocycles. The van der Waals surface area contributed by atoms with Crippen molar-refractivity contribution >= 4 is 5.69 Å². The lowest BCUT2D eigenvalue weighted by Crippen LogP contribution is -2.18. The fourth-order valence-electron chi connectivity index (χ4n) is 2.39. The molecule has 1 N–H and O–H groups in total. The van der Waals surface area contributed by atoms with E-state index in [4.69, 9.17) is 0 Å². The summed E-state index contributed by atoms with van der Waals surface area (Å²) in [4.78, 5) is 0. The molecule has 1 aliphatic rings. The molecule has 0 radical (unpaired) electrons. The molecule has 1 atom stereocenters. The van der Waals surface area contributed by atoms with Crippen LogP contribution in [0.4, 0.5) is 14.5 Å². The molecule has 0 aliphatic heterocycles. The standard InChI is InChI=1S/C13H17F2N/c1-13(2)6-5-10(8-13)16-12-4-3-9(14)7-11(12)15/h3-4,7,10,16H,5-6,8H2,1-2H3. The summed E-state index contributed by atoms with van der Waals surface area (Å²) in [6.07, 6.45) is 3.22. The molecule has 1 fully saturated rings. The van der Waals surface area contributed by atoms with Gasteiger partial charge in [-0.3, -0.25) is 0 Å². The second kappa shape index (κ2) is 4.04. The molecule has 88 valence electrons. The molecule has 1 nitrogen and oxygen atoms in total. The topological polar surface area (TPSA) is 12.0 Å². The van der Waals surface area contributed by atoms with Gasteiger partial charge < -0.3 is 5.32 Å². The van der Waals surface area contributed by atoms with E-state index in [9.17, 15) is 8.78 Å². The average molecular weight is 225 g/mol. The molecule has 0 spiro atoms. The van der Waals surface area contributed by atoms with Gasteiger partial charge in [0.15, 0.2) is 0 Å². The van der Waals surface area contributed by atoms with E-state index in [1.165, 1.54) is 12.1 Å². The molecule has 3 heteroatoms. The monoisotopic (exact) mass is 225 g/mol. The van der Waals surface area contributed by atoms with Crippen LogP contribution in [-0.4, -0.2) is 6.04 Å². The Morgan fingerprint density at radius 2 is 2.06 bits per heavy atom. The predicted molar refractivity (Wildman–Crippen MR) is 61.4 cm³/mol. The van der Waals surface area contributed by atoms with E-state index in [-0.39, 0.29) is 0 Å². The molecule has 0 amide bonds. The van der Waals surface area contributed by atoms with Crippen LogP contribution >= 0.6 is 0 Å². The number of nitrogens with one attached hydrogen (secondary N) is 1. The van der Waals surface area contributed by atoms with Crippen LogP contribution in [0.2, 0.25) is 0 Å². The highest BCUT2D eigenvalue weighted by molar-refractivity contribution is 5.45. The van der Waals surface area contributed by atoms with Gasteiger partial charge >= 0.3 is 0 Å². The maximum atomic E-state index is 13.4. The number of hydrogen-bond donors (Lipinski definition) is 1. The minimum absolute atomic E-state index is 0.301. The normalized spacial score (nSPS) is 23.4. The van der Waals surface area contributed by atoms with Crippen LogP contribution in [0.25, 0.3) is 0 Å². The molecule has 0 heterocycles. The minimum Gasteiger partial charge on any atom is -0.380 e. The average Bonchev–Trinajstić information content (AvgIpc) is 2.51. The second-order valence-corrected chi connectivity index (χ2v) is 5.37. The van der Waals surface area contributed by atoms with E-state index in [0.717, 1.165) is 25.3 Å². The lowest BCUT2D eigenvalue weighted by atomic mass is 9.92. The van der Waals surface area contributed by atoms with Gasteiger partial charge in [0, 0.05) is 12.1 Å². The second-order valence-electron chi connectivity index (χ2n) is 5.37. The van der Waals surface area contributed by atoms with E-state index >= 15 is 0 Å². The molecule has 16 heavy (non-hydrogen) atoms. The van der Waals surface area contributed by atoms with Crippen LogP contribution in [0.5, 0.6) is 0 Å². The summed E-state index contributed by atoms with van der Waals surface area (Å²) in [6, 6.07) is 3.97. The van der Waals surface area contributed by atoms with Crippen LogP contribution in [0.3, 0.4) is 0 Å². The van der Waals surface area contributed by atoms with Gasteiger partial charge in [-0.05, 0) is 36.8 Å². The Morgan fingerprint density at radius 3 is 2.62 bits per heavy atom. The van der Waals surface area contributed by atoms with Gasteiger partial charge in [-0.25, -0.2) is 8.78 Å². The molecule has 1 aromatic rings. The van der Waals surface area contributed by atoms with Gasteiger partial charge in [-0.15, -0.1) is 0 Å². The number of hydrogen-bond acceptors (Lipinski definition) is 1. The van der Waals surface area contributed by atoms with Gasteiger partial charge in [0.1, 0.15) is 11.6 Å². The first kappa shape index (κ1) is 11.4. The van der Waals surface area contributed by atoms with E-state index < -0.39 is 11.6 Å². The molecule has 1 aromatic carbocycles. The first-order valence-electron chi connectivity index (χ1n) is 5.68. The molecule has 1 saturated carbocycles. The lowest BCUT2D eigenvalue weighted by molar-refractivity contribution is 0.378. The van der Waals surface area contributed by atoms with E-state index in [1.54, 1.807) is 0 Å². The zero-order chi connectivity index (χ0) is 11.8. The van der Waals surface area contributed by atoms with Crippen LogP contribution in [0.1, 0.15) is 33.1 Å². The minimum atomic E-state index is -0.533. The van der Waals surface area contributed by atoms with Gasteiger partial charge in [0.2, 0.25) is 0 Å². The lowest BCUT2D eigenvalue weighted by Gasteiger charge is -2.18. The van der Waals surface area contributed by atoms with Crippen molar-refractivity contribution in [3.05, 3.63) is 29.8 Å². The fourth-order valence-corrected chi connectivity index (χ4v) is 2.39. The third-order valence-corrected chi connectivity index (χ3v) is 3.26. The third-order valence-electron chi connectivity index (χ3n) is 3.26. The quantitative estimate of drug-likeness (QED) is 0.803. The van der Waals surface area contributed by atoms with Crippen molar-refractivity contribution in [1.82, 2.24) is 0 Å². The number of halogens is 2. The van der Waals surface area contributed by atoms with Crippen molar-refractivity contribution in [2.45, 2.75) is 39.2 Å². The maximum Gasteiger partial charge on any atom is 0.149 e. The Kier molecular flexibility index (Phi) is 2.87. The highest BCUT2D eigenvalue weighted by atomic mass is 19.1. The van der Waals surface area contributed by atoms with E-state index in [2.05, 4.69) is 19.2 Å². The zero-order valence-corrected chi connectivity index (χ0v) is 9.69. The van der Waals surface area contributed by atoms with Gasteiger partial charge in [0.25, 0.3) is 0 Å². The summed E-state index contributed by atoms with van der Waals surface area (Å²) in [5.41, 5.74) is 0.734. The Bertz CT molecular complexity index is 388. The van der Waals surface area contributed by atoms with E-state index in [1.807, 2.05) is 0 Å². The summed E-state index contributed by atoms with van der Waals surface area (Å²) in [6.45, 7) is 4.44. The number of anilines is 1. The zero-order valence-electron chi connectivity index (χ0n) is 9.69. The van der Waals surface area contributed by atoms with Crippen LogP contribution in [0, 0.1) is 17.0 Å². The van der Waals surface area contributed by atoms with Crippen molar-refractivity contribution in [2.24, 2.45) is 5.41 Å². The van der Waals surface area contributed by atoms with Crippen LogP contribution < -0.4 is 5.32 Å². The number of rotatable bonds is 2. The highest BCUT2D eigenvalue weighted by Crippen LogP contribution is 2.38. The first-order chi connectivity index (χ1) is 7.46. The first-order valence-corrected chi connectivity index (χ1v) is 5.68. The molecule has 2 rings (SSSR count). The fraction of sp³-hybridized carbons (Fsp3) is 0.538. The van der Waals surface area contributed by atoms with Gasteiger partial charge in [0.05, 0.1) is 5.69 Å². The maximum absolute atomic E-state index is 13.4. The molecular weight excluding hydrogens is 208 g/mol. The van der Waals surface area contributed by atoms with Crippen molar-refractivity contribution in [1.29, 1.82) is 0 Å². The summed E-state index contributed by atoms with van der Waals surface area (Å²) in [7, 11) is 0. The molecule has 1 unspecified atom stereocenters. The molecule has 0 bridgehead atoms. The molecule has 0 aromatic heterocycles. The summed E-state index contributed by atoms with van der Waals surface area (Å²) in [5.74, 6) is -1.04. The van der Waals surface area contributed by atoms with Gasteiger partial charge in [-0.1, -0.05) is 13.8 Å². The number of benzene rings is 1. The largest absolute Gasteiger partial charge is 0.380 e. The van der Waals surface area contributed by atoms with Gasteiger partial charge in [-0.2, -0.15) is 0 Å². The smallest absolute Gasteiger partial charge is 0.149 e. The Balaban J connectivity index is 2.05. The molecule has 0 saturated heterocycles. The SMILES string of the molecule is CC1(C)CCC(Nc2ccc(F)cc2F)C1. The summed E-state index contributed by atoms with van der Waals surface area (Å²) in [5, 5.41) is 3.15. The van der Waals surface area contributed by atoms with Crippen molar-refractivity contribution in [3.63, 3.8) is 0 Å². The van der Waals surface area contributed by atoms with Crippen LogP contribution in [-0.2, 0) is 0 Å². The van der Waals surface area contributed by atoms with Crippen molar-refractivity contribution < 1.29 is 8.78 Å². The molecular formula is C13H17F2N. The predicted octanol–water partition coefficient (Wildman–Crippen LogP) is 3.96.